The summed E-state index contributed by atoms with van der Waals surface area (Å²) in [6.07, 6.45) is 3.17. The lowest BCUT2D eigenvalue weighted by atomic mass is 10.0. The first-order chi connectivity index (χ1) is 15.5. The Morgan fingerprint density at radius 1 is 1.06 bits per heavy atom. The Kier molecular flexibility index (Phi) is 6.18. The predicted octanol–water partition coefficient (Wildman–Crippen LogP) is 3.78. The number of carbonyl (C=O) groups excluding carboxylic acids is 1. The van der Waals surface area contributed by atoms with Crippen LogP contribution in [0.4, 0.5) is 0 Å². The van der Waals surface area contributed by atoms with Crippen molar-refractivity contribution in [2.75, 3.05) is 27.4 Å². The maximum Gasteiger partial charge on any atom is 0.297 e. The molecule has 1 aliphatic heterocycles. The molecule has 32 heavy (non-hydrogen) atoms. The molecule has 0 spiro atoms. The van der Waals surface area contributed by atoms with Crippen LogP contribution in [0.5, 0.6) is 23.0 Å². The second-order valence-electron chi connectivity index (χ2n) is 7.07. The fraction of sp³-hybridized carbons (Fsp3) is 0.208. The molecule has 2 aromatic carbocycles. The maximum atomic E-state index is 12.8. The molecule has 2 N–H and O–H groups in total. The van der Waals surface area contributed by atoms with Crippen molar-refractivity contribution < 1.29 is 34.0 Å². The molecule has 8 heteroatoms. The summed E-state index contributed by atoms with van der Waals surface area (Å²) in [4.78, 5) is 13.8. The summed E-state index contributed by atoms with van der Waals surface area (Å²) < 4.78 is 22.0. The zero-order chi connectivity index (χ0) is 22.7. The van der Waals surface area contributed by atoms with Crippen LogP contribution in [0.2, 0.25) is 0 Å². The minimum Gasteiger partial charge on any atom is -0.493 e. The van der Waals surface area contributed by atoms with E-state index in [4.69, 9.17) is 18.9 Å². The third-order valence-electron chi connectivity index (χ3n) is 5.02. The van der Waals surface area contributed by atoms with E-state index >= 15 is 0 Å². The molecule has 0 aliphatic carbocycles. The van der Waals surface area contributed by atoms with Gasteiger partial charge in [0.25, 0.3) is 5.79 Å². The number of methoxy groups -OCH3 is 2. The van der Waals surface area contributed by atoms with Crippen molar-refractivity contribution in [3.05, 3.63) is 65.0 Å². The Bertz CT molecular complexity index is 1150. The molecule has 2 heterocycles. The van der Waals surface area contributed by atoms with Gasteiger partial charge in [-0.25, -0.2) is 0 Å². The van der Waals surface area contributed by atoms with Crippen LogP contribution in [0.15, 0.2) is 53.9 Å². The third kappa shape index (κ3) is 4.08. The zero-order valence-electron chi connectivity index (χ0n) is 17.5. The first-order valence-electron chi connectivity index (χ1n) is 9.78. The van der Waals surface area contributed by atoms with Gasteiger partial charge in [-0.3, -0.25) is 4.79 Å². The van der Waals surface area contributed by atoms with Crippen molar-refractivity contribution >= 4 is 23.2 Å². The third-order valence-corrected chi connectivity index (χ3v) is 5.92. The first-order valence-corrected chi connectivity index (χ1v) is 10.7. The normalized spacial score (nSPS) is 14.0. The summed E-state index contributed by atoms with van der Waals surface area (Å²) in [5, 5.41) is 20.9. The fourth-order valence-corrected chi connectivity index (χ4v) is 4.13. The lowest BCUT2D eigenvalue weighted by molar-refractivity contribution is -0.143. The molecule has 3 aromatic rings. The van der Waals surface area contributed by atoms with Crippen molar-refractivity contribution in [1.29, 1.82) is 0 Å². The molecule has 0 saturated carbocycles. The number of hydrogen-bond donors (Lipinski definition) is 2. The Morgan fingerprint density at radius 2 is 1.84 bits per heavy atom. The standard InChI is InChI=1S/C24H22O7S/c1-28-21-11-15(10-17(23(21)29-2)22-4-3-9-32-22)5-7-18(27)16-6-8-19-20(12-16)31-24(13-25,14-26)30-19/h3-12,25-26H,13-14H2,1-2H3/b7-5+. The van der Waals surface area contributed by atoms with Gasteiger partial charge in [-0.05, 0) is 53.4 Å². The lowest BCUT2D eigenvalue weighted by Crippen LogP contribution is -2.46. The average molecular weight is 455 g/mol. The Morgan fingerprint density at radius 3 is 2.50 bits per heavy atom. The van der Waals surface area contributed by atoms with Gasteiger partial charge < -0.3 is 29.2 Å². The Labute approximate surface area is 189 Å². The van der Waals surface area contributed by atoms with Crippen molar-refractivity contribution in [3.63, 3.8) is 0 Å². The molecule has 0 bridgehead atoms. The van der Waals surface area contributed by atoms with E-state index in [9.17, 15) is 15.0 Å². The van der Waals surface area contributed by atoms with E-state index in [1.165, 1.54) is 12.1 Å². The summed E-state index contributed by atoms with van der Waals surface area (Å²) in [7, 11) is 3.16. The highest BCUT2D eigenvalue weighted by Gasteiger charge is 2.40. The molecule has 0 radical (unpaired) electrons. The molecule has 1 aliphatic rings. The Balaban J connectivity index is 1.61. The molecular formula is C24H22O7S. The quantitative estimate of drug-likeness (QED) is 0.395. The van der Waals surface area contributed by atoms with Crippen molar-refractivity contribution in [1.82, 2.24) is 0 Å². The van der Waals surface area contributed by atoms with Gasteiger partial charge in [0.2, 0.25) is 0 Å². The largest absolute Gasteiger partial charge is 0.493 e. The van der Waals surface area contributed by atoms with Gasteiger partial charge in [-0.1, -0.05) is 12.1 Å². The van der Waals surface area contributed by atoms with Crippen molar-refractivity contribution in [2.45, 2.75) is 5.79 Å². The van der Waals surface area contributed by atoms with E-state index in [0.29, 0.717) is 28.6 Å². The predicted molar refractivity (Wildman–Crippen MR) is 121 cm³/mol. The molecule has 0 atom stereocenters. The maximum absolute atomic E-state index is 12.8. The summed E-state index contributed by atoms with van der Waals surface area (Å²) in [5.41, 5.74) is 2.04. The van der Waals surface area contributed by atoms with Crippen molar-refractivity contribution in [3.8, 4) is 33.4 Å². The molecule has 166 valence electrons. The molecule has 0 unspecified atom stereocenters. The summed E-state index contributed by atoms with van der Waals surface area (Å²) in [6, 6.07) is 12.4. The molecular weight excluding hydrogens is 432 g/mol. The highest BCUT2D eigenvalue weighted by Crippen LogP contribution is 2.42. The van der Waals surface area contributed by atoms with Crippen LogP contribution in [0, 0.1) is 0 Å². The number of aliphatic hydroxyl groups is 2. The second kappa shape index (κ2) is 9.04. The number of hydrogen-bond acceptors (Lipinski definition) is 8. The van der Waals surface area contributed by atoms with Crippen molar-refractivity contribution in [2.24, 2.45) is 0 Å². The molecule has 0 amide bonds. The first kappa shape index (κ1) is 21.9. The van der Waals surface area contributed by atoms with E-state index in [1.807, 2.05) is 23.6 Å². The van der Waals surface area contributed by atoms with Gasteiger partial charge in [0.1, 0.15) is 13.2 Å². The molecule has 4 rings (SSSR count). The number of aliphatic hydroxyl groups excluding tert-OH is 2. The number of ketones is 1. The number of fused-ring (bicyclic) bond motifs is 1. The number of ether oxygens (including phenoxy) is 4. The van der Waals surface area contributed by atoms with Gasteiger partial charge in [-0.15, -0.1) is 11.3 Å². The highest BCUT2D eigenvalue weighted by atomic mass is 32.1. The van der Waals surface area contributed by atoms with Crippen LogP contribution in [0.3, 0.4) is 0 Å². The van der Waals surface area contributed by atoms with E-state index in [0.717, 1.165) is 16.0 Å². The monoisotopic (exact) mass is 454 g/mol. The van der Waals surface area contributed by atoms with Crippen LogP contribution >= 0.6 is 11.3 Å². The van der Waals surface area contributed by atoms with Gasteiger partial charge >= 0.3 is 0 Å². The average Bonchev–Trinajstić information content (AvgIpc) is 3.49. The summed E-state index contributed by atoms with van der Waals surface area (Å²) >= 11 is 1.58. The minimum atomic E-state index is -1.53. The van der Waals surface area contributed by atoms with Crippen LogP contribution in [-0.2, 0) is 0 Å². The smallest absolute Gasteiger partial charge is 0.297 e. The minimum absolute atomic E-state index is 0.241. The molecule has 1 aromatic heterocycles. The van der Waals surface area contributed by atoms with E-state index < -0.39 is 19.0 Å². The Hall–Kier alpha value is -3.33. The van der Waals surface area contributed by atoms with Gasteiger partial charge in [-0.2, -0.15) is 0 Å². The number of rotatable bonds is 8. The van der Waals surface area contributed by atoms with E-state index in [2.05, 4.69) is 0 Å². The molecule has 0 fully saturated rings. The molecule has 0 saturated heterocycles. The topological polar surface area (TPSA) is 94.5 Å². The van der Waals surface area contributed by atoms with Crippen LogP contribution < -0.4 is 18.9 Å². The van der Waals surface area contributed by atoms with Gasteiger partial charge in [0.15, 0.2) is 28.8 Å². The van der Waals surface area contributed by atoms with Gasteiger partial charge in [0, 0.05) is 16.0 Å². The zero-order valence-corrected chi connectivity index (χ0v) is 18.3. The lowest BCUT2D eigenvalue weighted by Gasteiger charge is -2.22. The number of thiophene rings is 1. The second-order valence-corrected chi connectivity index (χ2v) is 8.02. The number of carbonyl (C=O) groups is 1. The van der Waals surface area contributed by atoms with E-state index in [1.54, 1.807) is 49.8 Å². The summed E-state index contributed by atoms with van der Waals surface area (Å²) in [5.74, 6) is 0.0720. The fourth-order valence-electron chi connectivity index (χ4n) is 3.39. The number of benzene rings is 2. The summed E-state index contributed by atoms with van der Waals surface area (Å²) in [6.45, 7) is -1.04. The molecule has 7 nitrogen and oxygen atoms in total. The highest BCUT2D eigenvalue weighted by molar-refractivity contribution is 7.13. The van der Waals surface area contributed by atoms with E-state index in [-0.39, 0.29) is 5.78 Å². The van der Waals surface area contributed by atoms with Crippen LogP contribution in [-0.4, -0.2) is 49.2 Å². The SMILES string of the molecule is COc1cc(/C=C/C(=O)c2ccc3c(c2)OC(CO)(CO)O3)cc(-c2cccs2)c1OC. The number of allylic oxidation sites excluding steroid dienone is 1. The van der Waals surface area contributed by atoms with Crippen LogP contribution in [0.25, 0.3) is 16.5 Å². The van der Waals surface area contributed by atoms with Crippen LogP contribution in [0.1, 0.15) is 15.9 Å². The van der Waals surface area contributed by atoms with Gasteiger partial charge in [0.05, 0.1) is 14.2 Å².